The molecule has 0 spiro atoms. The Balaban J connectivity index is 2.67. The van der Waals surface area contributed by atoms with Gasteiger partial charge >= 0.3 is 0 Å². The second kappa shape index (κ2) is 8.21. The fourth-order valence-electron chi connectivity index (χ4n) is 2.04. The first-order valence-corrected chi connectivity index (χ1v) is 6.87. The van der Waals surface area contributed by atoms with Gasteiger partial charge in [0.05, 0.1) is 24.0 Å². The Kier molecular flexibility index (Phi) is 6.90. The maximum Gasteiger partial charge on any atom is 0.0756 e. The Morgan fingerprint density at radius 2 is 2.17 bits per heavy atom. The first-order chi connectivity index (χ1) is 8.72. The molecule has 18 heavy (non-hydrogen) atoms. The molecule has 2 atom stereocenters. The molecular formula is C13H26N4O. The summed E-state index contributed by atoms with van der Waals surface area (Å²) in [5.41, 5.74) is 1.18. The van der Waals surface area contributed by atoms with Crippen LogP contribution in [0.15, 0.2) is 6.20 Å². The van der Waals surface area contributed by atoms with Crippen LogP contribution >= 0.6 is 0 Å². The van der Waals surface area contributed by atoms with Gasteiger partial charge in [-0.1, -0.05) is 19.1 Å². The molecule has 104 valence electrons. The van der Waals surface area contributed by atoms with Crippen molar-refractivity contribution in [2.45, 2.75) is 58.7 Å². The summed E-state index contributed by atoms with van der Waals surface area (Å²) < 4.78 is 7.31. The van der Waals surface area contributed by atoms with E-state index >= 15 is 0 Å². The van der Waals surface area contributed by atoms with Crippen molar-refractivity contribution in [3.63, 3.8) is 0 Å². The number of rotatable bonds is 9. The number of ether oxygens (including phenoxy) is 1. The molecule has 0 aliphatic heterocycles. The molecule has 0 bridgehead atoms. The zero-order chi connectivity index (χ0) is 13.4. The van der Waals surface area contributed by atoms with E-state index in [-0.39, 0.29) is 0 Å². The van der Waals surface area contributed by atoms with Gasteiger partial charge in [0.1, 0.15) is 0 Å². The molecular weight excluding hydrogens is 228 g/mol. The smallest absolute Gasteiger partial charge is 0.0756 e. The van der Waals surface area contributed by atoms with Crippen LogP contribution in [0.2, 0.25) is 0 Å². The highest BCUT2D eigenvalue weighted by atomic mass is 16.5. The SMILES string of the molecule is CCCn1nncc1C(CCC(C)OC)NCC. The molecule has 1 aromatic heterocycles. The molecule has 1 aromatic rings. The van der Waals surface area contributed by atoms with E-state index in [0.29, 0.717) is 12.1 Å². The van der Waals surface area contributed by atoms with Gasteiger partial charge in [-0.3, -0.25) is 0 Å². The molecule has 0 fully saturated rings. The zero-order valence-electron chi connectivity index (χ0n) is 12.0. The van der Waals surface area contributed by atoms with Gasteiger partial charge in [0.25, 0.3) is 0 Å². The van der Waals surface area contributed by atoms with Crippen LogP contribution in [-0.2, 0) is 11.3 Å². The minimum atomic E-state index is 0.293. The largest absolute Gasteiger partial charge is 0.382 e. The van der Waals surface area contributed by atoms with Crippen LogP contribution in [0.5, 0.6) is 0 Å². The summed E-state index contributed by atoms with van der Waals surface area (Å²) in [6.07, 6.45) is 5.32. The average Bonchev–Trinajstić information content (AvgIpc) is 2.82. The summed E-state index contributed by atoms with van der Waals surface area (Å²) in [4.78, 5) is 0. The van der Waals surface area contributed by atoms with Gasteiger partial charge in [0.2, 0.25) is 0 Å². The fourth-order valence-corrected chi connectivity index (χ4v) is 2.04. The van der Waals surface area contributed by atoms with Crippen LogP contribution in [0.4, 0.5) is 0 Å². The van der Waals surface area contributed by atoms with E-state index in [1.165, 1.54) is 5.69 Å². The van der Waals surface area contributed by atoms with E-state index in [1.54, 1.807) is 7.11 Å². The standard InChI is InChI=1S/C13H26N4O/c1-5-9-17-13(10-15-16-17)12(14-6-2)8-7-11(3)18-4/h10-12,14H,5-9H2,1-4H3. The van der Waals surface area contributed by atoms with E-state index in [4.69, 9.17) is 4.74 Å². The maximum atomic E-state index is 5.31. The normalized spacial score (nSPS) is 14.7. The van der Waals surface area contributed by atoms with Gasteiger partial charge < -0.3 is 10.1 Å². The van der Waals surface area contributed by atoms with Crippen LogP contribution < -0.4 is 5.32 Å². The lowest BCUT2D eigenvalue weighted by Crippen LogP contribution is -2.25. The zero-order valence-corrected chi connectivity index (χ0v) is 12.0. The van der Waals surface area contributed by atoms with Gasteiger partial charge in [-0.15, -0.1) is 5.10 Å². The van der Waals surface area contributed by atoms with Gasteiger partial charge in [-0.05, 0) is 32.7 Å². The highest BCUT2D eigenvalue weighted by molar-refractivity contribution is 5.02. The van der Waals surface area contributed by atoms with Gasteiger partial charge in [-0.25, -0.2) is 4.68 Å². The maximum absolute atomic E-state index is 5.31. The third kappa shape index (κ3) is 4.38. The summed E-state index contributed by atoms with van der Waals surface area (Å²) in [7, 11) is 1.76. The predicted molar refractivity (Wildman–Crippen MR) is 72.4 cm³/mol. The number of hydrogen-bond acceptors (Lipinski definition) is 4. The van der Waals surface area contributed by atoms with Crippen molar-refractivity contribution in [1.82, 2.24) is 20.3 Å². The van der Waals surface area contributed by atoms with E-state index in [2.05, 4.69) is 36.4 Å². The molecule has 2 unspecified atom stereocenters. The summed E-state index contributed by atoms with van der Waals surface area (Å²) in [6.45, 7) is 8.26. The van der Waals surface area contributed by atoms with Gasteiger partial charge in [0.15, 0.2) is 0 Å². The van der Waals surface area contributed by atoms with Crippen LogP contribution in [0.3, 0.4) is 0 Å². The molecule has 0 aliphatic carbocycles. The minimum absolute atomic E-state index is 0.293. The van der Waals surface area contributed by atoms with E-state index < -0.39 is 0 Å². The Labute approximate surface area is 110 Å². The van der Waals surface area contributed by atoms with Crippen LogP contribution in [-0.4, -0.2) is 34.8 Å². The number of aryl methyl sites for hydroxylation is 1. The van der Waals surface area contributed by atoms with Crippen LogP contribution in [0, 0.1) is 0 Å². The lowest BCUT2D eigenvalue weighted by Gasteiger charge is -2.20. The molecule has 1 N–H and O–H groups in total. The Morgan fingerprint density at radius 1 is 1.39 bits per heavy atom. The number of aromatic nitrogens is 3. The topological polar surface area (TPSA) is 52.0 Å². The first kappa shape index (κ1) is 15.1. The minimum Gasteiger partial charge on any atom is -0.382 e. The number of nitrogens with zero attached hydrogens (tertiary/aromatic N) is 3. The van der Waals surface area contributed by atoms with Crippen molar-refractivity contribution in [1.29, 1.82) is 0 Å². The van der Waals surface area contributed by atoms with E-state index in [9.17, 15) is 0 Å². The molecule has 1 heterocycles. The molecule has 0 aromatic carbocycles. The third-order valence-electron chi connectivity index (χ3n) is 3.15. The van der Waals surface area contributed by atoms with Gasteiger partial charge in [0, 0.05) is 13.7 Å². The van der Waals surface area contributed by atoms with Crippen molar-refractivity contribution in [2.24, 2.45) is 0 Å². The molecule has 0 saturated heterocycles. The van der Waals surface area contributed by atoms with Crippen LogP contribution in [0.1, 0.15) is 51.8 Å². The molecule has 5 nitrogen and oxygen atoms in total. The highest BCUT2D eigenvalue weighted by Crippen LogP contribution is 2.19. The van der Waals surface area contributed by atoms with Gasteiger partial charge in [-0.2, -0.15) is 0 Å². The molecule has 0 amide bonds. The highest BCUT2D eigenvalue weighted by Gasteiger charge is 2.16. The predicted octanol–water partition coefficient (Wildman–Crippen LogP) is 2.15. The van der Waals surface area contributed by atoms with Crippen molar-refractivity contribution in [3.8, 4) is 0 Å². The van der Waals surface area contributed by atoms with Crippen molar-refractivity contribution in [2.75, 3.05) is 13.7 Å². The average molecular weight is 254 g/mol. The second-order valence-electron chi connectivity index (χ2n) is 4.62. The van der Waals surface area contributed by atoms with Crippen molar-refractivity contribution < 1.29 is 4.74 Å². The molecule has 0 aliphatic rings. The third-order valence-corrected chi connectivity index (χ3v) is 3.15. The van der Waals surface area contributed by atoms with E-state index in [0.717, 1.165) is 32.4 Å². The lowest BCUT2D eigenvalue weighted by atomic mass is 10.1. The summed E-state index contributed by atoms with van der Waals surface area (Å²) in [5.74, 6) is 0. The summed E-state index contributed by atoms with van der Waals surface area (Å²) in [6, 6.07) is 0.314. The number of nitrogens with one attached hydrogen (secondary N) is 1. The monoisotopic (exact) mass is 254 g/mol. The first-order valence-electron chi connectivity index (χ1n) is 6.87. The van der Waals surface area contributed by atoms with Crippen molar-refractivity contribution >= 4 is 0 Å². The second-order valence-corrected chi connectivity index (χ2v) is 4.62. The summed E-state index contributed by atoms with van der Waals surface area (Å²) >= 11 is 0. The fraction of sp³-hybridized carbons (Fsp3) is 0.846. The Bertz CT molecular complexity index is 327. The molecule has 0 radical (unpaired) electrons. The van der Waals surface area contributed by atoms with Crippen molar-refractivity contribution in [3.05, 3.63) is 11.9 Å². The summed E-state index contributed by atoms with van der Waals surface area (Å²) in [5, 5.41) is 11.7. The number of methoxy groups -OCH3 is 1. The quantitative estimate of drug-likeness (QED) is 0.733. The molecule has 5 heteroatoms. The van der Waals surface area contributed by atoms with Crippen LogP contribution in [0.25, 0.3) is 0 Å². The Hall–Kier alpha value is -0.940. The molecule has 1 rings (SSSR count). The Morgan fingerprint density at radius 3 is 2.78 bits per heavy atom. The lowest BCUT2D eigenvalue weighted by molar-refractivity contribution is 0.106. The van der Waals surface area contributed by atoms with E-state index in [1.807, 2.05) is 10.9 Å². The molecule has 0 saturated carbocycles. The number of hydrogen-bond donors (Lipinski definition) is 1.